The molecule has 1 aromatic heterocycles. The zero-order valence-electron chi connectivity index (χ0n) is 18.4. The Morgan fingerprint density at radius 3 is 2.38 bits per heavy atom. The largest absolute Gasteiger partial charge is 0.452 e. The molecule has 34 heavy (non-hydrogen) atoms. The molecule has 184 valence electrons. The first-order valence-corrected chi connectivity index (χ1v) is 10.8. The molecule has 1 aliphatic carbocycles. The van der Waals surface area contributed by atoms with E-state index in [9.17, 15) is 27.6 Å². The highest BCUT2D eigenvalue weighted by atomic mass is 35.5. The predicted molar refractivity (Wildman–Crippen MR) is 117 cm³/mol. The number of rotatable bonds is 4. The van der Waals surface area contributed by atoms with Gasteiger partial charge in [-0.3, -0.25) is 19.7 Å². The molecule has 13 heteroatoms. The van der Waals surface area contributed by atoms with Crippen molar-refractivity contribution in [2.24, 2.45) is 0 Å². The molecule has 1 aromatic carbocycles. The summed E-state index contributed by atoms with van der Waals surface area (Å²) in [5.74, 6) is -1.70. The molecule has 3 N–H and O–H groups in total. The topological polar surface area (TPSA) is 114 Å². The number of hydrogen-bond donors (Lipinski definition) is 3. The molecule has 0 atom stereocenters. The minimum atomic E-state index is -4.73. The number of methoxy groups -OCH3 is 1. The van der Waals surface area contributed by atoms with Gasteiger partial charge in [0.15, 0.2) is 5.69 Å². The smallest absolute Gasteiger partial charge is 0.435 e. The van der Waals surface area contributed by atoms with E-state index in [1.165, 1.54) is 12.1 Å². The molecule has 1 heterocycles. The third kappa shape index (κ3) is 5.79. The molecular formula is C21H23ClF3N5O4. The maximum absolute atomic E-state index is 13.4. The van der Waals surface area contributed by atoms with Crippen molar-refractivity contribution in [2.75, 3.05) is 12.4 Å². The van der Waals surface area contributed by atoms with Gasteiger partial charge in [-0.15, -0.1) is 0 Å². The number of nitrogens with one attached hydrogen (secondary N) is 3. The van der Waals surface area contributed by atoms with Gasteiger partial charge in [0.2, 0.25) is 0 Å². The number of carbonyl (C=O) groups excluding carboxylic acids is 3. The zero-order valence-corrected chi connectivity index (χ0v) is 19.1. The molecule has 0 bridgehead atoms. The summed E-state index contributed by atoms with van der Waals surface area (Å²) in [7, 11) is 1.10. The summed E-state index contributed by atoms with van der Waals surface area (Å²) in [4.78, 5) is 37.0. The maximum Gasteiger partial charge on any atom is 0.435 e. The van der Waals surface area contributed by atoms with Crippen LogP contribution >= 0.6 is 11.6 Å². The van der Waals surface area contributed by atoms with E-state index in [0.29, 0.717) is 24.5 Å². The number of hydrogen-bond acceptors (Lipinski definition) is 5. The van der Waals surface area contributed by atoms with Gasteiger partial charge >= 0.3 is 12.3 Å². The van der Waals surface area contributed by atoms with E-state index in [4.69, 9.17) is 11.6 Å². The number of carbonyl (C=O) groups is 3. The van der Waals surface area contributed by atoms with Crippen LogP contribution in [-0.2, 0) is 10.9 Å². The van der Waals surface area contributed by atoms with Crippen molar-refractivity contribution in [2.45, 2.75) is 51.2 Å². The summed E-state index contributed by atoms with van der Waals surface area (Å²) in [6.45, 7) is 1.56. The molecule has 1 fully saturated rings. The number of benzene rings is 1. The third-order valence-corrected chi connectivity index (χ3v) is 5.64. The van der Waals surface area contributed by atoms with Crippen molar-refractivity contribution < 1.29 is 32.3 Å². The molecule has 2 aromatic rings. The standard InChI is InChI=1S/C21H23ClF3N5O4/c1-11-8-12(22)9-14(18(31)27-28-20(33)34-2)17(11)26-19(32)15-10-16(21(23,24)25)29-30(15)13-6-4-3-5-7-13/h8-10,13H,3-7H2,1-2H3,(H,26,32)(H,27,31)(H,28,33). The van der Waals surface area contributed by atoms with E-state index >= 15 is 0 Å². The fourth-order valence-electron chi connectivity index (χ4n) is 3.80. The molecule has 3 rings (SSSR count). The summed E-state index contributed by atoms with van der Waals surface area (Å²) in [6.07, 6.45) is -1.85. The minimum absolute atomic E-state index is 0.0171. The van der Waals surface area contributed by atoms with E-state index in [1.54, 1.807) is 6.92 Å². The number of nitrogens with zero attached hydrogens (tertiary/aromatic N) is 2. The monoisotopic (exact) mass is 501 g/mol. The van der Waals surface area contributed by atoms with Gasteiger partial charge < -0.3 is 10.1 Å². The van der Waals surface area contributed by atoms with Crippen LogP contribution in [0.2, 0.25) is 5.02 Å². The van der Waals surface area contributed by atoms with Crippen LogP contribution in [0.4, 0.5) is 23.7 Å². The number of amides is 3. The first-order valence-electron chi connectivity index (χ1n) is 10.4. The Bertz CT molecular complexity index is 1100. The summed E-state index contributed by atoms with van der Waals surface area (Å²) in [5.41, 5.74) is 2.94. The average Bonchev–Trinajstić information content (AvgIpc) is 3.25. The molecular weight excluding hydrogens is 479 g/mol. The van der Waals surface area contributed by atoms with Gasteiger partial charge in [0.25, 0.3) is 11.8 Å². The second kappa shape index (κ2) is 10.3. The van der Waals surface area contributed by atoms with Gasteiger partial charge in [-0.1, -0.05) is 30.9 Å². The normalized spacial score (nSPS) is 14.4. The predicted octanol–water partition coefficient (Wildman–Crippen LogP) is 4.62. The van der Waals surface area contributed by atoms with Gasteiger partial charge in [-0.2, -0.15) is 18.3 Å². The van der Waals surface area contributed by atoms with Crippen LogP contribution in [0, 0.1) is 6.92 Å². The fourth-order valence-corrected chi connectivity index (χ4v) is 4.07. The SMILES string of the molecule is COC(=O)NNC(=O)c1cc(Cl)cc(C)c1NC(=O)c1cc(C(F)(F)F)nn1C1CCCCC1. The number of aryl methyl sites for hydroxylation is 1. The lowest BCUT2D eigenvalue weighted by Gasteiger charge is -2.24. The first-order chi connectivity index (χ1) is 16.0. The Morgan fingerprint density at radius 2 is 1.76 bits per heavy atom. The highest BCUT2D eigenvalue weighted by molar-refractivity contribution is 6.31. The number of anilines is 1. The molecule has 0 aliphatic heterocycles. The van der Waals surface area contributed by atoms with Crippen molar-refractivity contribution in [1.82, 2.24) is 20.6 Å². The Hall–Kier alpha value is -3.28. The number of ether oxygens (including phenoxy) is 1. The van der Waals surface area contributed by atoms with Gasteiger partial charge in [0.1, 0.15) is 5.69 Å². The van der Waals surface area contributed by atoms with Crippen LogP contribution in [0.25, 0.3) is 0 Å². The average molecular weight is 502 g/mol. The lowest BCUT2D eigenvalue weighted by atomic mass is 9.95. The summed E-state index contributed by atoms with van der Waals surface area (Å²) < 4.78 is 45.6. The van der Waals surface area contributed by atoms with E-state index in [2.05, 4.69) is 20.6 Å². The summed E-state index contributed by atoms with van der Waals surface area (Å²) >= 11 is 6.05. The van der Waals surface area contributed by atoms with Gasteiger partial charge in [0.05, 0.1) is 24.4 Å². The van der Waals surface area contributed by atoms with E-state index in [1.807, 2.05) is 5.43 Å². The molecule has 0 radical (unpaired) electrons. The van der Waals surface area contributed by atoms with Crippen LogP contribution < -0.4 is 16.2 Å². The number of halogens is 4. The lowest BCUT2D eigenvalue weighted by Crippen LogP contribution is -2.41. The Kier molecular flexibility index (Phi) is 7.70. The van der Waals surface area contributed by atoms with Crippen LogP contribution in [0.3, 0.4) is 0 Å². The Morgan fingerprint density at radius 1 is 1.09 bits per heavy atom. The first kappa shape index (κ1) is 25.3. The number of aromatic nitrogens is 2. The summed E-state index contributed by atoms with van der Waals surface area (Å²) in [6, 6.07) is 3.08. The van der Waals surface area contributed by atoms with Crippen molar-refractivity contribution in [3.63, 3.8) is 0 Å². The molecule has 1 aliphatic rings. The van der Waals surface area contributed by atoms with Gasteiger partial charge in [-0.05, 0) is 37.5 Å². The minimum Gasteiger partial charge on any atom is -0.452 e. The van der Waals surface area contributed by atoms with Crippen LogP contribution in [-0.4, -0.2) is 34.8 Å². The highest BCUT2D eigenvalue weighted by Gasteiger charge is 2.37. The molecule has 3 amide bonds. The highest BCUT2D eigenvalue weighted by Crippen LogP contribution is 2.34. The van der Waals surface area contributed by atoms with E-state index in [0.717, 1.165) is 31.1 Å². The molecule has 9 nitrogen and oxygen atoms in total. The zero-order chi connectivity index (χ0) is 25.0. The van der Waals surface area contributed by atoms with Crippen LogP contribution in [0.1, 0.15) is 70.2 Å². The molecule has 0 saturated heterocycles. The van der Waals surface area contributed by atoms with Crippen LogP contribution in [0.15, 0.2) is 18.2 Å². The second-order valence-electron chi connectivity index (χ2n) is 7.82. The van der Waals surface area contributed by atoms with Crippen molar-refractivity contribution in [3.8, 4) is 0 Å². The fraction of sp³-hybridized carbons (Fsp3) is 0.429. The summed E-state index contributed by atoms with van der Waals surface area (Å²) in [5, 5.41) is 6.38. The lowest BCUT2D eigenvalue weighted by molar-refractivity contribution is -0.141. The van der Waals surface area contributed by atoms with Gasteiger partial charge in [0, 0.05) is 11.1 Å². The quantitative estimate of drug-likeness (QED) is 0.529. The van der Waals surface area contributed by atoms with Crippen LogP contribution in [0.5, 0.6) is 0 Å². The Balaban J connectivity index is 1.95. The number of hydrazine groups is 1. The maximum atomic E-state index is 13.4. The third-order valence-electron chi connectivity index (χ3n) is 5.43. The second-order valence-corrected chi connectivity index (χ2v) is 8.26. The van der Waals surface area contributed by atoms with Crippen molar-refractivity contribution >= 4 is 35.2 Å². The molecule has 0 unspecified atom stereocenters. The number of alkyl halides is 3. The van der Waals surface area contributed by atoms with E-state index in [-0.39, 0.29) is 28.0 Å². The Labute approximate surface area is 197 Å². The molecule has 1 saturated carbocycles. The van der Waals surface area contributed by atoms with E-state index < -0.39 is 29.8 Å². The van der Waals surface area contributed by atoms with Crippen molar-refractivity contribution in [3.05, 3.63) is 45.7 Å². The molecule has 0 spiro atoms. The van der Waals surface area contributed by atoms with Gasteiger partial charge in [-0.25, -0.2) is 10.2 Å². The van der Waals surface area contributed by atoms with Crippen molar-refractivity contribution in [1.29, 1.82) is 0 Å².